The molecule has 1 N–H and O–H groups in total. The maximum absolute atomic E-state index is 13.2. The van der Waals surface area contributed by atoms with E-state index in [4.69, 9.17) is 19.0 Å². The molecule has 0 saturated heterocycles. The molecule has 0 saturated carbocycles. The highest BCUT2D eigenvalue weighted by Crippen LogP contribution is 2.29. The highest BCUT2D eigenvalue weighted by Gasteiger charge is 2.11. The number of carboxylic acid groups (broad SMARTS) is 1. The summed E-state index contributed by atoms with van der Waals surface area (Å²) in [5.41, 5.74) is 1.25. The van der Waals surface area contributed by atoms with E-state index in [0.717, 1.165) is 5.56 Å². The molecular weight excluding hydrogens is 353 g/mol. The molecule has 7 heteroatoms. The molecule has 0 fully saturated rings. The number of furan rings is 1. The molecule has 3 aromatic rings. The van der Waals surface area contributed by atoms with Crippen LogP contribution >= 0.6 is 0 Å². The second kappa shape index (κ2) is 8.18. The number of aromatic carboxylic acids is 1. The molecule has 0 aliphatic heterocycles. The molecule has 0 aliphatic carbocycles. The molecule has 0 amide bonds. The summed E-state index contributed by atoms with van der Waals surface area (Å²) in [4.78, 5) is 15.0. The maximum Gasteiger partial charge on any atom is 0.371 e. The lowest BCUT2D eigenvalue weighted by atomic mass is 10.2. The summed E-state index contributed by atoms with van der Waals surface area (Å²) in [6, 6.07) is 14.1. The van der Waals surface area contributed by atoms with E-state index in [0.29, 0.717) is 22.9 Å². The number of hydrogen-bond donors (Lipinski definition) is 1. The van der Waals surface area contributed by atoms with Crippen LogP contribution in [0.5, 0.6) is 11.5 Å². The number of hydrogen-bond acceptors (Lipinski definition) is 5. The first kappa shape index (κ1) is 18.2. The van der Waals surface area contributed by atoms with E-state index >= 15 is 0 Å². The van der Waals surface area contributed by atoms with Crippen LogP contribution in [0.3, 0.4) is 0 Å². The molecule has 6 nitrogen and oxygen atoms in total. The highest BCUT2D eigenvalue weighted by atomic mass is 19.1. The Kier molecular flexibility index (Phi) is 5.51. The lowest BCUT2D eigenvalue weighted by molar-refractivity contribution is 0.0658. The zero-order valence-corrected chi connectivity index (χ0v) is 14.4. The van der Waals surface area contributed by atoms with Crippen LogP contribution in [0.25, 0.3) is 0 Å². The predicted molar refractivity (Wildman–Crippen MR) is 96.6 cm³/mol. The van der Waals surface area contributed by atoms with Crippen LogP contribution in [-0.2, 0) is 6.61 Å². The fraction of sp³-hybridized carbons (Fsp3) is 0.100. The van der Waals surface area contributed by atoms with E-state index in [9.17, 15) is 9.18 Å². The van der Waals surface area contributed by atoms with Crippen LogP contribution in [-0.4, -0.2) is 24.4 Å². The standard InChI is InChI=1S/C20H16FNO5/c1-25-19-9-13(11-22-15-4-2-3-14(21)10-15)5-7-17(19)26-12-16-6-8-18(27-16)20(23)24/h2-11H,12H2,1H3,(H,23,24). The largest absolute Gasteiger partial charge is 0.493 e. The highest BCUT2D eigenvalue weighted by molar-refractivity contribution is 5.84. The Hall–Kier alpha value is -3.61. The van der Waals surface area contributed by atoms with E-state index < -0.39 is 5.97 Å². The second-order valence-electron chi connectivity index (χ2n) is 5.51. The lowest BCUT2D eigenvalue weighted by Gasteiger charge is -2.10. The molecular formula is C20H16FNO5. The molecule has 2 aromatic carbocycles. The van der Waals surface area contributed by atoms with E-state index in [1.54, 1.807) is 36.5 Å². The van der Waals surface area contributed by atoms with Crippen molar-refractivity contribution in [2.75, 3.05) is 7.11 Å². The molecule has 3 rings (SSSR count). The van der Waals surface area contributed by atoms with Crippen molar-refractivity contribution < 1.29 is 28.2 Å². The first-order valence-corrected chi connectivity index (χ1v) is 7.97. The number of aliphatic imine (C=N–C) groups is 1. The van der Waals surface area contributed by atoms with Gasteiger partial charge in [-0.2, -0.15) is 0 Å². The fourth-order valence-electron chi connectivity index (χ4n) is 2.31. The summed E-state index contributed by atoms with van der Waals surface area (Å²) in [5, 5.41) is 8.86. The van der Waals surface area contributed by atoms with Crippen LogP contribution < -0.4 is 9.47 Å². The van der Waals surface area contributed by atoms with Gasteiger partial charge in [0, 0.05) is 6.21 Å². The summed E-state index contributed by atoms with van der Waals surface area (Å²) < 4.78 is 29.3. The molecule has 1 heterocycles. The van der Waals surface area contributed by atoms with Crippen LogP contribution in [0.4, 0.5) is 10.1 Å². The van der Waals surface area contributed by atoms with Crippen molar-refractivity contribution in [2.24, 2.45) is 4.99 Å². The number of halogens is 1. The van der Waals surface area contributed by atoms with Gasteiger partial charge in [-0.05, 0) is 54.1 Å². The van der Waals surface area contributed by atoms with Crippen molar-refractivity contribution in [3.05, 3.63) is 77.5 Å². The van der Waals surface area contributed by atoms with Crippen molar-refractivity contribution in [3.8, 4) is 11.5 Å². The van der Waals surface area contributed by atoms with E-state index in [1.807, 2.05) is 0 Å². The number of carboxylic acids is 1. The third-order valence-electron chi connectivity index (χ3n) is 3.60. The van der Waals surface area contributed by atoms with Gasteiger partial charge in [0.05, 0.1) is 12.8 Å². The molecule has 1 aromatic heterocycles. The van der Waals surface area contributed by atoms with Crippen LogP contribution in [0.2, 0.25) is 0 Å². The second-order valence-corrected chi connectivity index (χ2v) is 5.51. The van der Waals surface area contributed by atoms with Crippen molar-refractivity contribution >= 4 is 17.9 Å². The van der Waals surface area contributed by atoms with Gasteiger partial charge in [0.25, 0.3) is 0 Å². The number of methoxy groups -OCH3 is 1. The Labute approximate surface area is 154 Å². The molecule has 0 aliphatic rings. The summed E-state index contributed by atoms with van der Waals surface area (Å²) in [6.45, 7) is 0.0559. The van der Waals surface area contributed by atoms with E-state index in [-0.39, 0.29) is 18.2 Å². The summed E-state index contributed by atoms with van der Waals surface area (Å²) in [7, 11) is 1.51. The van der Waals surface area contributed by atoms with Crippen molar-refractivity contribution in [1.82, 2.24) is 0 Å². The third kappa shape index (κ3) is 4.72. The van der Waals surface area contributed by atoms with Crippen LogP contribution in [0.1, 0.15) is 21.9 Å². The third-order valence-corrected chi connectivity index (χ3v) is 3.60. The Morgan fingerprint density at radius 1 is 1.19 bits per heavy atom. The quantitative estimate of drug-likeness (QED) is 0.622. The zero-order chi connectivity index (χ0) is 19.2. The molecule has 27 heavy (non-hydrogen) atoms. The smallest absolute Gasteiger partial charge is 0.371 e. The number of carbonyl (C=O) groups is 1. The minimum Gasteiger partial charge on any atom is -0.493 e. The van der Waals surface area contributed by atoms with Crippen molar-refractivity contribution in [3.63, 3.8) is 0 Å². The summed E-state index contributed by atoms with van der Waals surface area (Å²) in [5.74, 6) is -0.316. The lowest BCUT2D eigenvalue weighted by Crippen LogP contribution is -1.98. The van der Waals surface area contributed by atoms with Gasteiger partial charge in [-0.3, -0.25) is 4.99 Å². The minimum absolute atomic E-state index is 0.0559. The van der Waals surface area contributed by atoms with Crippen LogP contribution in [0, 0.1) is 5.82 Å². The van der Waals surface area contributed by atoms with Crippen LogP contribution in [0.15, 0.2) is 64.0 Å². The average Bonchev–Trinajstić information content (AvgIpc) is 3.14. The molecule has 0 bridgehead atoms. The normalized spacial score (nSPS) is 10.9. The van der Waals surface area contributed by atoms with Gasteiger partial charge in [-0.25, -0.2) is 9.18 Å². The van der Waals surface area contributed by atoms with E-state index in [1.165, 1.54) is 31.4 Å². The molecule has 0 radical (unpaired) electrons. The molecule has 138 valence electrons. The van der Waals surface area contributed by atoms with Gasteiger partial charge in [-0.1, -0.05) is 6.07 Å². The SMILES string of the molecule is COc1cc(C=Nc2cccc(F)c2)ccc1OCc1ccc(C(=O)O)o1. The summed E-state index contributed by atoms with van der Waals surface area (Å²) in [6.07, 6.45) is 1.59. The fourth-order valence-corrected chi connectivity index (χ4v) is 2.31. The van der Waals surface area contributed by atoms with E-state index in [2.05, 4.69) is 4.99 Å². The number of ether oxygens (including phenoxy) is 2. The Bertz CT molecular complexity index is 980. The number of rotatable bonds is 7. The molecule has 0 unspecified atom stereocenters. The van der Waals surface area contributed by atoms with Gasteiger partial charge in [-0.15, -0.1) is 0 Å². The summed E-state index contributed by atoms with van der Waals surface area (Å²) >= 11 is 0. The van der Waals surface area contributed by atoms with Gasteiger partial charge in [0.2, 0.25) is 5.76 Å². The first-order valence-electron chi connectivity index (χ1n) is 7.97. The minimum atomic E-state index is -1.14. The number of nitrogens with zero attached hydrogens (tertiary/aromatic N) is 1. The Balaban J connectivity index is 1.70. The number of benzene rings is 2. The Morgan fingerprint density at radius 2 is 2.04 bits per heavy atom. The topological polar surface area (TPSA) is 81.3 Å². The maximum atomic E-state index is 13.2. The van der Waals surface area contributed by atoms with Crippen molar-refractivity contribution in [2.45, 2.75) is 6.61 Å². The molecule has 0 spiro atoms. The van der Waals surface area contributed by atoms with Gasteiger partial charge < -0.3 is 19.0 Å². The van der Waals surface area contributed by atoms with Gasteiger partial charge in [0.1, 0.15) is 18.2 Å². The van der Waals surface area contributed by atoms with Gasteiger partial charge in [0.15, 0.2) is 11.5 Å². The predicted octanol–water partition coefficient (Wildman–Crippen LogP) is 4.46. The monoisotopic (exact) mass is 369 g/mol. The first-order chi connectivity index (χ1) is 13.0. The average molecular weight is 369 g/mol. The molecule has 0 atom stereocenters. The van der Waals surface area contributed by atoms with Crippen molar-refractivity contribution in [1.29, 1.82) is 0 Å². The Morgan fingerprint density at radius 3 is 2.74 bits per heavy atom. The zero-order valence-electron chi connectivity index (χ0n) is 14.4. The van der Waals surface area contributed by atoms with Gasteiger partial charge >= 0.3 is 5.97 Å².